The first kappa shape index (κ1) is 25.0. The van der Waals surface area contributed by atoms with Crippen LogP contribution in [0.3, 0.4) is 0 Å². The Bertz CT molecular complexity index is 1800. The van der Waals surface area contributed by atoms with E-state index < -0.39 is 6.04 Å². The number of phenols is 1. The van der Waals surface area contributed by atoms with Crippen molar-refractivity contribution in [2.24, 2.45) is 4.99 Å². The minimum atomic E-state index is -0.710. The largest absolute Gasteiger partial charge is 0.503 e. The monoisotopic (exact) mass is 578 g/mol. The number of halogens is 1. The number of carbonyl (C=O) groups is 1. The van der Waals surface area contributed by atoms with E-state index in [4.69, 9.17) is 9.47 Å². The summed E-state index contributed by atoms with van der Waals surface area (Å²) in [4.78, 5) is 32.0. The van der Waals surface area contributed by atoms with Crippen LogP contribution in [0.1, 0.15) is 31.0 Å². The molecular weight excluding hydrogens is 556 g/mol. The van der Waals surface area contributed by atoms with Crippen molar-refractivity contribution in [3.63, 3.8) is 0 Å². The van der Waals surface area contributed by atoms with Gasteiger partial charge in [-0.15, -0.1) is 0 Å². The fourth-order valence-electron chi connectivity index (χ4n) is 4.76. The van der Waals surface area contributed by atoms with Crippen LogP contribution in [-0.2, 0) is 4.79 Å². The molecule has 1 N–H and O–H groups in total. The van der Waals surface area contributed by atoms with Crippen LogP contribution in [0.5, 0.6) is 17.2 Å². The number of benzene rings is 3. The topological polar surface area (TPSA) is 90.1 Å². The van der Waals surface area contributed by atoms with E-state index in [0.717, 1.165) is 16.3 Å². The van der Waals surface area contributed by atoms with Gasteiger partial charge in [0.15, 0.2) is 22.1 Å². The van der Waals surface area contributed by atoms with Gasteiger partial charge < -0.3 is 14.6 Å². The van der Waals surface area contributed by atoms with Crippen LogP contribution >= 0.6 is 27.3 Å². The molecule has 7 nitrogen and oxygen atoms in total. The van der Waals surface area contributed by atoms with Gasteiger partial charge in [0.25, 0.3) is 5.56 Å². The Morgan fingerprint density at radius 3 is 2.57 bits per heavy atom. The molecule has 9 heteroatoms. The van der Waals surface area contributed by atoms with Gasteiger partial charge in [-0.05, 0) is 70.4 Å². The number of methoxy groups -OCH3 is 2. The van der Waals surface area contributed by atoms with E-state index in [1.54, 1.807) is 36.8 Å². The summed E-state index contributed by atoms with van der Waals surface area (Å²) in [5, 5.41) is 12.0. The molecule has 0 saturated carbocycles. The molecule has 5 rings (SSSR count). The zero-order chi connectivity index (χ0) is 26.4. The van der Waals surface area contributed by atoms with Crippen LogP contribution in [0.15, 0.2) is 74.1 Å². The quantitative estimate of drug-likeness (QED) is 0.377. The fraction of sp³-hybridized carbons (Fsp3) is 0.179. The number of thiazole rings is 1. The van der Waals surface area contributed by atoms with Gasteiger partial charge in [0.05, 0.1) is 29.3 Å². The number of aromatic hydroxyl groups is 1. The Balaban J connectivity index is 1.84. The number of allylic oxidation sites excluding steroid dienone is 2. The van der Waals surface area contributed by atoms with Crippen LogP contribution < -0.4 is 24.4 Å². The van der Waals surface area contributed by atoms with E-state index in [0.29, 0.717) is 36.4 Å². The molecule has 37 heavy (non-hydrogen) atoms. The van der Waals surface area contributed by atoms with Crippen LogP contribution in [0.25, 0.3) is 16.8 Å². The molecule has 0 amide bonds. The predicted octanol–water partition coefficient (Wildman–Crippen LogP) is 4.46. The molecule has 0 radical (unpaired) electrons. The Kier molecular flexibility index (Phi) is 6.51. The van der Waals surface area contributed by atoms with Crippen molar-refractivity contribution in [2.45, 2.75) is 19.9 Å². The van der Waals surface area contributed by atoms with Crippen LogP contribution in [-0.4, -0.2) is 29.7 Å². The molecule has 1 aliphatic rings. The summed E-state index contributed by atoms with van der Waals surface area (Å²) in [7, 11) is 3.04. The lowest BCUT2D eigenvalue weighted by molar-refractivity contribution is -0.114. The first-order chi connectivity index (χ1) is 17.7. The van der Waals surface area contributed by atoms with E-state index in [2.05, 4.69) is 20.9 Å². The van der Waals surface area contributed by atoms with Crippen molar-refractivity contribution in [1.29, 1.82) is 0 Å². The second-order valence-electron chi connectivity index (χ2n) is 8.59. The third-order valence-electron chi connectivity index (χ3n) is 6.39. The zero-order valence-electron chi connectivity index (χ0n) is 20.5. The lowest BCUT2D eigenvalue weighted by atomic mass is 9.89. The smallest absolute Gasteiger partial charge is 0.271 e. The van der Waals surface area contributed by atoms with E-state index in [1.807, 2.05) is 36.4 Å². The normalized spacial score (nSPS) is 15.5. The second kappa shape index (κ2) is 9.64. The lowest BCUT2D eigenvalue weighted by Gasteiger charge is -2.27. The van der Waals surface area contributed by atoms with Crippen molar-refractivity contribution in [1.82, 2.24) is 4.57 Å². The lowest BCUT2D eigenvalue weighted by Crippen LogP contribution is -2.39. The maximum Gasteiger partial charge on any atom is 0.271 e. The molecule has 188 valence electrons. The summed E-state index contributed by atoms with van der Waals surface area (Å²) >= 11 is 4.57. The summed E-state index contributed by atoms with van der Waals surface area (Å²) in [6.07, 6.45) is 1.72. The number of carbonyl (C=O) groups excluding carboxylic acids is 1. The Labute approximate surface area is 224 Å². The Hall–Kier alpha value is -3.69. The molecule has 0 saturated heterocycles. The highest BCUT2D eigenvalue weighted by Crippen LogP contribution is 2.40. The standard InChI is InChI=1S/C28H23BrN2O5S/c1-14-23(15(2)32)25(24-18-8-6-5-7-17(18)9-10-20(24)35-3)31-27(34)22(37-28(31)30-14)13-16-11-19(29)26(33)21(12-16)36-4/h5-13,25,33H,1-4H3/b22-13+/t25-/m0/s1. The number of rotatable bonds is 5. The molecule has 1 aliphatic heterocycles. The number of phenolic OH excluding ortho intramolecular Hbond substituents is 1. The van der Waals surface area contributed by atoms with Crippen LogP contribution in [0.2, 0.25) is 0 Å². The summed E-state index contributed by atoms with van der Waals surface area (Å²) in [6.45, 7) is 3.29. The first-order valence-electron chi connectivity index (χ1n) is 11.4. The number of nitrogens with zero attached hydrogens (tertiary/aromatic N) is 2. The SMILES string of the molecule is COc1cc(/C=c2/sc3n(c2=O)[C@H](c2c(OC)ccc4ccccc24)C(C(C)=O)=C(C)N=3)cc(Br)c1O. The number of ketones is 1. The molecule has 0 bridgehead atoms. The van der Waals surface area contributed by atoms with E-state index in [1.165, 1.54) is 25.4 Å². The molecule has 4 aromatic rings. The highest BCUT2D eigenvalue weighted by Gasteiger charge is 2.33. The summed E-state index contributed by atoms with van der Waals surface area (Å²) in [6, 6.07) is 14.3. The van der Waals surface area contributed by atoms with Crippen LogP contribution in [0, 0.1) is 0 Å². The highest BCUT2D eigenvalue weighted by atomic mass is 79.9. The Morgan fingerprint density at radius 2 is 1.86 bits per heavy atom. The van der Waals surface area contributed by atoms with Crippen molar-refractivity contribution >= 4 is 49.9 Å². The summed E-state index contributed by atoms with van der Waals surface area (Å²) < 4.78 is 13.5. The first-order valence-corrected chi connectivity index (χ1v) is 13.0. The molecule has 1 atom stereocenters. The third-order valence-corrected chi connectivity index (χ3v) is 7.98. The van der Waals surface area contributed by atoms with Crippen molar-refractivity contribution in [3.05, 3.63) is 95.1 Å². The number of hydrogen-bond acceptors (Lipinski definition) is 7. The van der Waals surface area contributed by atoms with Crippen LogP contribution in [0.4, 0.5) is 0 Å². The van der Waals surface area contributed by atoms with Gasteiger partial charge in [-0.3, -0.25) is 14.2 Å². The van der Waals surface area contributed by atoms with Gasteiger partial charge in [0.1, 0.15) is 5.75 Å². The minimum absolute atomic E-state index is 0.0223. The number of hydrogen-bond donors (Lipinski definition) is 1. The number of aromatic nitrogens is 1. The van der Waals surface area contributed by atoms with E-state index in [-0.39, 0.29) is 22.8 Å². The summed E-state index contributed by atoms with van der Waals surface area (Å²) in [5.41, 5.74) is 2.13. The average Bonchev–Trinajstić information content (AvgIpc) is 3.18. The van der Waals surface area contributed by atoms with Gasteiger partial charge in [-0.1, -0.05) is 41.7 Å². The molecule has 1 aromatic heterocycles. The number of Topliss-reactive ketones (excluding diaryl/α,β-unsaturated/α-hetero) is 1. The van der Waals surface area contributed by atoms with Gasteiger partial charge >= 0.3 is 0 Å². The van der Waals surface area contributed by atoms with Crippen molar-refractivity contribution in [2.75, 3.05) is 14.2 Å². The molecule has 3 aromatic carbocycles. The molecule has 2 heterocycles. The van der Waals surface area contributed by atoms with E-state index >= 15 is 0 Å². The molecular formula is C28H23BrN2O5S. The van der Waals surface area contributed by atoms with Gasteiger partial charge in [-0.25, -0.2) is 4.99 Å². The maximum atomic E-state index is 13.9. The van der Waals surface area contributed by atoms with Crippen molar-refractivity contribution < 1.29 is 19.4 Å². The molecule has 0 unspecified atom stereocenters. The predicted molar refractivity (Wildman–Crippen MR) is 147 cm³/mol. The van der Waals surface area contributed by atoms with Crippen molar-refractivity contribution in [3.8, 4) is 17.2 Å². The zero-order valence-corrected chi connectivity index (χ0v) is 22.9. The van der Waals surface area contributed by atoms with Gasteiger partial charge in [0.2, 0.25) is 0 Å². The Morgan fingerprint density at radius 1 is 1.14 bits per heavy atom. The molecule has 0 aliphatic carbocycles. The maximum absolute atomic E-state index is 13.9. The summed E-state index contributed by atoms with van der Waals surface area (Å²) in [5.74, 6) is 0.675. The minimum Gasteiger partial charge on any atom is -0.503 e. The highest BCUT2D eigenvalue weighted by molar-refractivity contribution is 9.10. The van der Waals surface area contributed by atoms with E-state index in [9.17, 15) is 14.7 Å². The third kappa shape index (κ3) is 4.18. The van der Waals surface area contributed by atoms with Gasteiger partial charge in [0, 0.05) is 16.8 Å². The number of ether oxygens (including phenoxy) is 2. The average molecular weight is 579 g/mol. The van der Waals surface area contributed by atoms with Gasteiger partial charge in [-0.2, -0.15) is 0 Å². The fourth-order valence-corrected chi connectivity index (χ4v) is 6.27. The second-order valence-corrected chi connectivity index (χ2v) is 10.5. The molecule has 0 spiro atoms. The molecule has 0 fully saturated rings. The number of fused-ring (bicyclic) bond motifs is 2.